The molecule has 0 aliphatic carbocycles. The van der Waals surface area contributed by atoms with E-state index in [2.05, 4.69) is 16.0 Å². The van der Waals surface area contributed by atoms with Gasteiger partial charge >= 0.3 is 0 Å². The first-order valence-electron chi connectivity index (χ1n) is 7.54. The lowest BCUT2D eigenvalue weighted by molar-refractivity contribution is -0.384. The Morgan fingerprint density at radius 2 is 1.76 bits per heavy atom. The second kappa shape index (κ2) is 7.91. The maximum absolute atomic E-state index is 12.3. The minimum atomic E-state index is -0.612. The molecule has 2 amide bonds. The van der Waals surface area contributed by atoms with E-state index in [-0.39, 0.29) is 17.5 Å². The van der Waals surface area contributed by atoms with Crippen LogP contribution in [0.25, 0.3) is 0 Å². The summed E-state index contributed by atoms with van der Waals surface area (Å²) >= 11 is 0. The number of carbonyl (C=O) groups excluding carboxylic acids is 2. The smallest absolute Gasteiger partial charge is 0.271 e. The van der Waals surface area contributed by atoms with E-state index in [4.69, 9.17) is 0 Å². The average molecular weight is 342 g/mol. The molecule has 0 bridgehead atoms. The molecule has 0 saturated heterocycles. The average Bonchev–Trinajstić information content (AvgIpc) is 2.61. The van der Waals surface area contributed by atoms with Crippen LogP contribution in [-0.2, 0) is 4.79 Å². The Morgan fingerprint density at radius 1 is 1.08 bits per heavy atom. The molecule has 0 saturated carbocycles. The van der Waals surface area contributed by atoms with Crippen molar-refractivity contribution in [3.05, 3.63) is 64.2 Å². The normalized spacial score (nSPS) is 11.3. The summed E-state index contributed by atoms with van der Waals surface area (Å²) in [4.78, 5) is 34.1. The third kappa shape index (κ3) is 4.77. The summed E-state index contributed by atoms with van der Waals surface area (Å²) < 4.78 is 0. The molecule has 2 rings (SSSR count). The van der Waals surface area contributed by atoms with Gasteiger partial charge in [-0.2, -0.15) is 0 Å². The number of hydrogen-bond acceptors (Lipinski definition) is 5. The van der Waals surface area contributed by atoms with Crippen molar-refractivity contribution in [3.63, 3.8) is 0 Å². The van der Waals surface area contributed by atoms with Crippen LogP contribution in [0.1, 0.15) is 17.3 Å². The number of anilines is 2. The highest BCUT2D eigenvalue weighted by atomic mass is 16.6. The highest BCUT2D eigenvalue weighted by Crippen LogP contribution is 2.18. The fourth-order valence-corrected chi connectivity index (χ4v) is 2.16. The Morgan fingerprint density at radius 3 is 2.44 bits per heavy atom. The van der Waals surface area contributed by atoms with Gasteiger partial charge in [0.25, 0.3) is 11.6 Å². The van der Waals surface area contributed by atoms with Gasteiger partial charge in [-0.1, -0.05) is 12.1 Å². The van der Waals surface area contributed by atoms with Crippen molar-refractivity contribution < 1.29 is 14.5 Å². The molecule has 0 spiro atoms. The van der Waals surface area contributed by atoms with Crippen molar-refractivity contribution in [3.8, 4) is 0 Å². The number of amides is 2. The first-order valence-corrected chi connectivity index (χ1v) is 7.54. The number of rotatable bonds is 6. The lowest BCUT2D eigenvalue weighted by Gasteiger charge is -2.16. The molecule has 2 aromatic carbocycles. The number of nitro groups is 1. The van der Waals surface area contributed by atoms with Crippen LogP contribution in [0.4, 0.5) is 17.1 Å². The molecule has 8 heteroatoms. The van der Waals surface area contributed by atoms with E-state index < -0.39 is 11.0 Å². The molecule has 0 radical (unpaired) electrons. The Labute approximate surface area is 144 Å². The zero-order valence-corrected chi connectivity index (χ0v) is 13.8. The molecule has 0 aromatic heterocycles. The minimum absolute atomic E-state index is 0.100. The molecule has 0 fully saturated rings. The number of hydrogen-bond donors (Lipinski definition) is 3. The van der Waals surface area contributed by atoms with Gasteiger partial charge in [-0.15, -0.1) is 0 Å². The number of nitrogens with one attached hydrogen (secondary N) is 3. The zero-order chi connectivity index (χ0) is 18.4. The van der Waals surface area contributed by atoms with E-state index in [1.165, 1.54) is 25.2 Å². The van der Waals surface area contributed by atoms with Gasteiger partial charge in [0.1, 0.15) is 6.04 Å². The predicted octanol–water partition coefficient (Wildman–Crippen LogP) is 2.39. The Hall–Kier alpha value is -3.42. The standard InChI is InChI=1S/C17H18N4O4/c1-11(19-13-6-3-5-12(9-13)17(23)18-2)16(22)20-14-7-4-8-15(10-14)21(24)25/h3-11,19H,1-2H3,(H,18,23)(H,20,22). The fourth-order valence-electron chi connectivity index (χ4n) is 2.16. The van der Waals surface area contributed by atoms with Gasteiger partial charge in [0.2, 0.25) is 5.91 Å². The van der Waals surface area contributed by atoms with Crippen LogP contribution in [-0.4, -0.2) is 29.8 Å². The maximum atomic E-state index is 12.3. The number of nitro benzene ring substituents is 1. The third-order valence-electron chi connectivity index (χ3n) is 3.45. The monoisotopic (exact) mass is 342 g/mol. The van der Waals surface area contributed by atoms with Gasteiger partial charge in [0, 0.05) is 36.1 Å². The van der Waals surface area contributed by atoms with Gasteiger partial charge in [-0.05, 0) is 31.2 Å². The van der Waals surface area contributed by atoms with Crippen molar-refractivity contribution in [2.24, 2.45) is 0 Å². The number of benzene rings is 2. The molecule has 8 nitrogen and oxygen atoms in total. The number of non-ortho nitro benzene ring substituents is 1. The number of nitrogens with zero attached hydrogens (tertiary/aromatic N) is 1. The quantitative estimate of drug-likeness (QED) is 0.551. The molecular weight excluding hydrogens is 324 g/mol. The summed E-state index contributed by atoms with van der Waals surface area (Å²) in [6.07, 6.45) is 0. The largest absolute Gasteiger partial charge is 0.374 e. The molecule has 3 N–H and O–H groups in total. The highest BCUT2D eigenvalue weighted by Gasteiger charge is 2.15. The molecule has 2 aromatic rings. The summed E-state index contributed by atoms with van der Waals surface area (Å²) in [6, 6.07) is 11.8. The maximum Gasteiger partial charge on any atom is 0.271 e. The highest BCUT2D eigenvalue weighted by molar-refractivity contribution is 5.97. The molecule has 0 heterocycles. The lowest BCUT2D eigenvalue weighted by atomic mass is 10.1. The van der Waals surface area contributed by atoms with Crippen molar-refractivity contribution >= 4 is 28.9 Å². The number of carbonyl (C=O) groups is 2. The van der Waals surface area contributed by atoms with E-state index in [9.17, 15) is 19.7 Å². The van der Waals surface area contributed by atoms with Gasteiger partial charge in [0.15, 0.2) is 0 Å². The van der Waals surface area contributed by atoms with Gasteiger partial charge in [-0.3, -0.25) is 19.7 Å². The second-order valence-electron chi connectivity index (χ2n) is 5.32. The van der Waals surface area contributed by atoms with Crippen molar-refractivity contribution in [1.29, 1.82) is 0 Å². The molecule has 0 aliphatic heterocycles. The lowest BCUT2D eigenvalue weighted by Crippen LogP contribution is -2.32. The molecule has 0 aliphatic rings. The van der Waals surface area contributed by atoms with Crippen molar-refractivity contribution in [1.82, 2.24) is 5.32 Å². The fraction of sp³-hybridized carbons (Fsp3) is 0.176. The van der Waals surface area contributed by atoms with Crippen LogP contribution in [0.3, 0.4) is 0 Å². The van der Waals surface area contributed by atoms with Crippen LogP contribution in [0, 0.1) is 10.1 Å². The minimum Gasteiger partial charge on any atom is -0.374 e. The molecule has 1 atom stereocenters. The topological polar surface area (TPSA) is 113 Å². The first-order chi connectivity index (χ1) is 11.9. The van der Waals surface area contributed by atoms with Crippen LogP contribution in [0.5, 0.6) is 0 Å². The first kappa shape index (κ1) is 17.9. The SMILES string of the molecule is CNC(=O)c1cccc(NC(C)C(=O)Nc2cccc([N+](=O)[O-])c2)c1. The summed E-state index contributed by atoms with van der Waals surface area (Å²) in [6.45, 7) is 1.65. The van der Waals surface area contributed by atoms with Crippen LogP contribution >= 0.6 is 0 Å². The molecule has 25 heavy (non-hydrogen) atoms. The molecule has 1 unspecified atom stereocenters. The Balaban J connectivity index is 2.04. The van der Waals surface area contributed by atoms with E-state index in [1.807, 2.05) is 0 Å². The molecule has 130 valence electrons. The second-order valence-corrected chi connectivity index (χ2v) is 5.32. The Bertz CT molecular complexity index is 807. The van der Waals surface area contributed by atoms with E-state index in [1.54, 1.807) is 37.3 Å². The van der Waals surface area contributed by atoms with E-state index in [0.29, 0.717) is 16.9 Å². The summed E-state index contributed by atoms with van der Waals surface area (Å²) in [7, 11) is 1.54. The van der Waals surface area contributed by atoms with Gasteiger partial charge in [-0.25, -0.2) is 0 Å². The van der Waals surface area contributed by atoms with Crippen LogP contribution in [0.15, 0.2) is 48.5 Å². The van der Waals surface area contributed by atoms with Gasteiger partial charge in [0.05, 0.1) is 4.92 Å². The van der Waals surface area contributed by atoms with Gasteiger partial charge < -0.3 is 16.0 Å². The summed E-state index contributed by atoms with van der Waals surface area (Å²) in [5, 5.41) is 18.9. The predicted molar refractivity (Wildman–Crippen MR) is 94.6 cm³/mol. The Kier molecular flexibility index (Phi) is 5.67. The zero-order valence-electron chi connectivity index (χ0n) is 13.8. The van der Waals surface area contributed by atoms with E-state index >= 15 is 0 Å². The van der Waals surface area contributed by atoms with Crippen LogP contribution in [0.2, 0.25) is 0 Å². The summed E-state index contributed by atoms with van der Waals surface area (Å²) in [5.41, 5.74) is 1.32. The van der Waals surface area contributed by atoms with Crippen molar-refractivity contribution in [2.75, 3.05) is 17.7 Å². The van der Waals surface area contributed by atoms with Crippen LogP contribution < -0.4 is 16.0 Å². The molecular formula is C17H18N4O4. The summed E-state index contributed by atoms with van der Waals surface area (Å²) in [5.74, 6) is -0.580. The third-order valence-corrected chi connectivity index (χ3v) is 3.45. The van der Waals surface area contributed by atoms with E-state index in [0.717, 1.165) is 0 Å². The van der Waals surface area contributed by atoms with Crippen molar-refractivity contribution in [2.45, 2.75) is 13.0 Å².